The van der Waals surface area contributed by atoms with Crippen molar-refractivity contribution >= 4 is 22.6 Å². The quantitative estimate of drug-likeness (QED) is 0.887. The number of rotatable bonds is 5. The topological polar surface area (TPSA) is 75.6 Å². The zero-order valence-corrected chi connectivity index (χ0v) is 11.5. The van der Waals surface area contributed by atoms with Gasteiger partial charge >= 0.3 is 5.97 Å². The van der Waals surface area contributed by atoms with Crippen molar-refractivity contribution < 1.29 is 18.8 Å². The van der Waals surface area contributed by atoms with E-state index in [1.807, 2.05) is 0 Å². The van der Waals surface area contributed by atoms with Gasteiger partial charge in [-0.3, -0.25) is 0 Å². The highest BCUT2D eigenvalue weighted by atomic mass is 32.2. The highest BCUT2D eigenvalue weighted by molar-refractivity contribution is 7.86. The van der Waals surface area contributed by atoms with Gasteiger partial charge in [-0.2, -0.15) is 0 Å². The molecule has 0 radical (unpaired) electrons. The molecule has 1 unspecified atom stereocenters. The number of carbonyl (C=O) groups is 1. The van der Waals surface area contributed by atoms with Crippen molar-refractivity contribution in [3.8, 4) is 5.75 Å². The molecule has 0 spiro atoms. The van der Waals surface area contributed by atoms with Gasteiger partial charge in [0.25, 0.3) is 0 Å². The summed E-state index contributed by atoms with van der Waals surface area (Å²) in [6.07, 6.45) is 0. The fourth-order valence-electron chi connectivity index (χ4n) is 1.55. The summed E-state index contributed by atoms with van der Waals surface area (Å²) in [7, 11) is 0.126. The first-order valence-corrected chi connectivity index (χ1v) is 6.91. The molecule has 2 N–H and O–H groups in total. The van der Waals surface area contributed by atoms with Crippen LogP contribution < -0.4 is 9.46 Å². The van der Waals surface area contributed by atoms with Gasteiger partial charge in [-0.1, -0.05) is 0 Å². The van der Waals surface area contributed by atoms with Crippen molar-refractivity contribution in [3.05, 3.63) is 54.1 Å². The predicted molar refractivity (Wildman–Crippen MR) is 76.4 cm³/mol. The van der Waals surface area contributed by atoms with Gasteiger partial charge in [-0.15, -0.1) is 0 Å². The van der Waals surface area contributed by atoms with E-state index in [9.17, 15) is 9.00 Å². The fraction of sp³-hybridized carbons (Fsp3) is 0.0714. The molecule has 0 aliphatic heterocycles. The third-order valence-corrected chi connectivity index (χ3v) is 3.74. The number of anilines is 1. The Morgan fingerprint density at radius 2 is 1.70 bits per heavy atom. The van der Waals surface area contributed by atoms with E-state index in [-0.39, 0.29) is 5.56 Å². The van der Waals surface area contributed by atoms with Crippen molar-refractivity contribution in [2.75, 3.05) is 11.8 Å². The van der Waals surface area contributed by atoms with Gasteiger partial charge in [0.2, 0.25) is 0 Å². The molecule has 0 saturated carbocycles. The minimum absolute atomic E-state index is 0.162. The molecule has 2 aromatic rings. The van der Waals surface area contributed by atoms with Crippen LogP contribution in [0.1, 0.15) is 10.4 Å². The average molecular weight is 291 g/mol. The molecule has 0 fully saturated rings. The largest absolute Gasteiger partial charge is 0.497 e. The Kier molecular flexibility index (Phi) is 4.37. The average Bonchev–Trinajstić information content (AvgIpc) is 2.48. The summed E-state index contributed by atoms with van der Waals surface area (Å²) in [5.41, 5.74) is 0.849. The minimum atomic E-state index is -1.45. The number of nitrogens with one attached hydrogen (secondary N) is 1. The Morgan fingerprint density at radius 3 is 2.20 bits per heavy atom. The second-order valence-electron chi connectivity index (χ2n) is 3.93. The van der Waals surface area contributed by atoms with Crippen molar-refractivity contribution in [1.82, 2.24) is 0 Å². The summed E-state index contributed by atoms with van der Waals surface area (Å²) in [6, 6.07) is 12.9. The molecule has 0 saturated heterocycles. The smallest absolute Gasteiger partial charge is 0.335 e. The molecule has 0 aliphatic rings. The molecule has 0 amide bonds. The molecule has 104 valence electrons. The first kappa shape index (κ1) is 14.1. The van der Waals surface area contributed by atoms with Gasteiger partial charge in [0.15, 0.2) is 0 Å². The Bertz CT molecular complexity index is 623. The van der Waals surface area contributed by atoms with Crippen LogP contribution in [-0.4, -0.2) is 22.4 Å². The molecular formula is C14H13NO4S. The number of ether oxygens (including phenoxy) is 1. The highest BCUT2D eigenvalue weighted by Gasteiger charge is 2.07. The second-order valence-corrected chi connectivity index (χ2v) is 5.14. The zero-order valence-electron chi connectivity index (χ0n) is 10.7. The van der Waals surface area contributed by atoms with Gasteiger partial charge in [-0.05, 0) is 48.5 Å². The molecule has 2 rings (SSSR count). The van der Waals surface area contributed by atoms with Crippen LogP contribution in [0, 0.1) is 0 Å². The van der Waals surface area contributed by atoms with Crippen molar-refractivity contribution in [1.29, 1.82) is 0 Å². The molecule has 1 atom stereocenters. The summed E-state index contributed by atoms with van der Waals surface area (Å²) in [6.45, 7) is 0. The van der Waals surface area contributed by atoms with Crippen LogP contribution in [0.3, 0.4) is 0 Å². The van der Waals surface area contributed by atoms with E-state index in [2.05, 4.69) is 4.72 Å². The van der Waals surface area contributed by atoms with Crippen LogP contribution >= 0.6 is 0 Å². The lowest BCUT2D eigenvalue weighted by molar-refractivity contribution is 0.0697. The third-order valence-electron chi connectivity index (χ3n) is 2.62. The van der Waals surface area contributed by atoms with Crippen LogP contribution in [0.25, 0.3) is 0 Å². The van der Waals surface area contributed by atoms with Crippen LogP contribution in [-0.2, 0) is 11.0 Å². The normalized spacial score (nSPS) is 11.7. The first-order chi connectivity index (χ1) is 9.60. The second kappa shape index (κ2) is 6.21. The van der Waals surface area contributed by atoms with Crippen LogP contribution in [0.4, 0.5) is 5.69 Å². The highest BCUT2D eigenvalue weighted by Crippen LogP contribution is 2.17. The lowest BCUT2D eigenvalue weighted by Gasteiger charge is -2.07. The number of benzene rings is 2. The van der Waals surface area contributed by atoms with Crippen molar-refractivity contribution in [3.63, 3.8) is 0 Å². The van der Waals surface area contributed by atoms with E-state index in [0.29, 0.717) is 16.3 Å². The molecule has 0 heterocycles. The first-order valence-electron chi connectivity index (χ1n) is 5.76. The number of hydrogen-bond donors (Lipinski definition) is 2. The van der Waals surface area contributed by atoms with Gasteiger partial charge in [-0.25, -0.2) is 9.00 Å². The van der Waals surface area contributed by atoms with E-state index < -0.39 is 17.0 Å². The molecule has 5 nitrogen and oxygen atoms in total. The van der Waals surface area contributed by atoms with Gasteiger partial charge in [0, 0.05) is 5.69 Å². The maximum Gasteiger partial charge on any atom is 0.335 e. The number of carboxylic acid groups (broad SMARTS) is 1. The van der Waals surface area contributed by atoms with E-state index in [0.717, 1.165) is 0 Å². The SMILES string of the molecule is COc1ccc(NS(=O)c2ccc(C(=O)O)cc2)cc1. The number of methoxy groups -OCH3 is 1. The van der Waals surface area contributed by atoms with Crippen LogP contribution in [0.2, 0.25) is 0 Å². The molecule has 0 bridgehead atoms. The molecule has 2 aromatic carbocycles. The van der Waals surface area contributed by atoms with Crippen LogP contribution in [0.15, 0.2) is 53.4 Å². The standard InChI is InChI=1S/C14H13NO4S/c1-19-12-6-4-11(5-7-12)15-20(18)13-8-2-10(3-9-13)14(16)17/h2-9,15H,1H3,(H,16,17). The zero-order chi connectivity index (χ0) is 14.5. The molecular weight excluding hydrogens is 278 g/mol. The maximum atomic E-state index is 12.1. The molecule has 0 aliphatic carbocycles. The van der Waals surface area contributed by atoms with Gasteiger partial charge < -0.3 is 14.6 Å². The monoisotopic (exact) mass is 291 g/mol. The molecule has 6 heteroatoms. The summed E-state index contributed by atoms with van der Waals surface area (Å²) < 4.78 is 19.9. The Labute approximate surface area is 118 Å². The lowest BCUT2D eigenvalue weighted by atomic mass is 10.2. The Morgan fingerprint density at radius 1 is 1.10 bits per heavy atom. The van der Waals surface area contributed by atoms with Crippen LogP contribution in [0.5, 0.6) is 5.75 Å². The van der Waals surface area contributed by atoms with Gasteiger partial charge in [0.05, 0.1) is 17.6 Å². The third kappa shape index (κ3) is 3.36. The molecule has 20 heavy (non-hydrogen) atoms. The summed E-state index contributed by atoms with van der Waals surface area (Å²) in [5.74, 6) is -0.294. The predicted octanol–water partition coefficient (Wildman–Crippen LogP) is 2.53. The van der Waals surface area contributed by atoms with E-state index >= 15 is 0 Å². The summed E-state index contributed by atoms with van der Waals surface area (Å²) in [4.78, 5) is 11.2. The number of carboxylic acids is 1. The summed E-state index contributed by atoms with van der Waals surface area (Å²) in [5, 5.41) is 8.80. The fourth-order valence-corrected chi connectivity index (χ4v) is 2.40. The number of aromatic carboxylic acids is 1. The maximum absolute atomic E-state index is 12.1. The van der Waals surface area contributed by atoms with E-state index in [4.69, 9.17) is 9.84 Å². The molecule has 0 aromatic heterocycles. The minimum Gasteiger partial charge on any atom is -0.497 e. The summed E-state index contributed by atoms with van der Waals surface area (Å²) >= 11 is 0. The van der Waals surface area contributed by atoms with E-state index in [1.54, 1.807) is 31.4 Å². The lowest BCUT2D eigenvalue weighted by Crippen LogP contribution is -2.05. The Balaban J connectivity index is 2.08. The Hall–Kier alpha value is -2.34. The van der Waals surface area contributed by atoms with Crippen molar-refractivity contribution in [2.45, 2.75) is 4.90 Å². The van der Waals surface area contributed by atoms with E-state index in [1.165, 1.54) is 24.3 Å². The van der Waals surface area contributed by atoms with Gasteiger partial charge in [0.1, 0.15) is 16.7 Å². The number of hydrogen-bond acceptors (Lipinski definition) is 3. The van der Waals surface area contributed by atoms with Crippen molar-refractivity contribution in [2.24, 2.45) is 0 Å².